The summed E-state index contributed by atoms with van der Waals surface area (Å²) in [5.74, 6) is 0.868. The summed E-state index contributed by atoms with van der Waals surface area (Å²) in [6.07, 6.45) is 2.71. The lowest BCUT2D eigenvalue weighted by Crippen LogP contribution is -2.36. The Morgan fingerprint density at radius 2 is 2.00 bits per heavy atom. The zero-order valence-electron chi connectivity index (χ0n) is 12.6. The zero-order chi connectivity index (χ0) is 14.6. The van der Waals surface area contributed by atoms with E-state index in [2.05, 4.69) is 24.4 Å². The Morgan fingerprint density at radius 3 is 2.60 bits per heavy atom. The molecule has 0 amide bonds. The Morgan fingerprint density at radius 1 is 1.25 bits per heavy atom. The molecule has 0 aliphatic rings. The summed E-state index contributed by atoms with van der Waals surface area (Å²) in [5, 5.41) is 12.4. The molecular weight excluding hydrogens is 254 g/mol. The number of nitrogens with one attached hydrogen (secondary N) is 1. The van der Waals surface area contributed by atoms with Gasteiger partial charge in [-0.25, -0.2) is 0 Å². The molecule has 114 valence electrons. The maximum Gasteiger partial charge on any atom is 0.119 e. The minimum Gasteiger partial charge on any atom is -0.492 e. The van der Waals surface area contributed by atoms with Crippen molar-refractivity contribution in [3.63, 3.8) is 0 Å². The van der Waals surface area contributed by atoms with Crippen LogP contribution in [0.15, 0.2) is 24.3 Å². The van der Waals surface area contributed by atoms with Gasteiger partial charge in [-0.05, 0) is 43.5 Å². The van der Waals surface area contributed by atoms with Gasteiger partial charge in [-0.1, -0.05) is 19.1 Å². The van der Waals surface area contributed by atoms with Gasteiger partial charge in [0.1, 0.15) is 12.4 Å². The molecule has 2 N–H and O–H groups in total. The highest BCUT2D eigenvalue weighted by Crippen LogP contribution is 2.13. The van der Waals surface area contributed by atoms with Gasteiger partial charge < -0.3 is 19.9 Å². The van der Waals surface area contributed by atoms with Crippen molar-refractivity contribution in [2.75, 3.05) is 33.5 Å². The van der Waals surface area contributed by atoms with Crippen molar-refractivity contribution in [3.8, 4) is 5.75 Å². The maximum absolute atomic E-state index is 9.04. The third-order valence-corrected chi connectivity index (χ3v) is 3.13. The predicted octanol–water partition coefficient (Wildman–Crippen LogP) is 2.00. The standard InChI is InChI=1S/C16H27NO3/c1-3-10-17-15(8-11-18)13-20-16-6-4-14(5-7-16)9-12-19-2/h4-7,15,17-18H,3,8-13H2,1-2H3. The highest BCUT2D eigenvalue weighted by Gasteiger charge is 2.07. The Bertz CT molecular complexity index is 340. The molecular formula is C16H27NO3. The molecule has 0 heterocycles. The van der Waals surface area contributed by atoms with Gasteiger partial charge in [0.05, 0.1) is 6.61 Å². The van der Waals surface area contributed by atoms with Crippen LogP contribution >= 0.6 is 0 Å². The predicted molar refractivity (Wildman–Crippen MR) is 81.3 cm³/mol. The summed E-state index contributed by atoms with van der Waals surface area (Å²) in [4.78, 5) is 0. The van der Waals surface area contributed by atoms with Crippen molar-refractivity contribution >= 4 is 0 Å². The van der Waals surface area contributed by atoms with Gasteiger partial charge in [-0.15, -0.1) is 0 Å². The van der Waals surface area contributed by atoms with Crippen LogP contribution in [0.25, 0.3) is 0 Å². The van der Waals surface area contributed by atoms with Gasteiger partial charge in [0.15, 0.2) is 0 Å². The number of ether oxygens (including phenoxy) is 2. The number of benzene rings is 1. The molecule has 0 saturated heterocycles. The van der Waals surface area contributed by atoms with Gasteiger partial charge in [0, 0.05) is 19.8 Å². The second kappa shape index (κ2) is 10.7. The van der Waals surface area contributed by atoms with Crippen LogP contribution in [0.4, 0.5) is 0 Å². The fraction of sp³-hybridized carbons (Fsp3) is 0.625. The summed E-state index contributed by atoms with van der Waals surface area (Å²) in [5.41, 5.74) is 1.25. The van der Waals surface area contributed by atoms with E-state index >= 15 is 0 Å². The molecule has 0 aliphatic carbocycles. The molecule has 0 saturated carbocycles. The van der Waals surface area contributed by atoms with Crippen LogP contribution in [0.3, 0.4) is 0 Å². The fourth-order valence-electron chi connectivity index (χ4n) is 1.92. The monoisotopic (exact) mass is 281 g/mol. The molecule has 4 heteroatoms. The zero-order valence-corrected chi connectivity index (χ0v) is 12.6. The lowest BCUT2D eigenvalue weighted by molar-refractivity contribution is 0.202. The van der Waals surface area contributed by atoms with Crippen molar-refractivity contribution in [1.29, 1.82) is 0 Å². The average molecular weight is 281 g/mol. The van der Waals surface area contributed by atoms with Crippen molar-refractivity contribution in [3.05, 3.63) is 29.8 Å². The lowest BCUT2D eigenvalue weighted by atomic mass is 10.1. The average Bonchev–Trinajstić information content (AvgIpc) is 2.49. The van der Waals surface area contributed by atoms with Crippen LogP contribution in [0.2, 0.25) is 0 Å². The van der Waals surface area contributed by atoms with Crippen LogP contribution in [-0.4, -0.2) is 44.6 Å². The van der Waals surface area contributed by atoms with Crippen molar-refractivity contribution in [2.24, 2.45) is 0 Å². The quantitative estimate of drug-likeness (QED) is 0.651. The molecule has 20 heavy (non-hydrogen) atoms. The first-order valence-electron chi connectivity index (χ1n) is 7.35. The van der Waals surface area contributed by atoms with Crippen LogP contribution < -0.4 is 10.1 Å². The number of aliphatic hydroxyl groups excluding tert-OH is 1. The SMILES string of the molecule is CCCNC(CCO)COc1ccc(CCOC)cc1. The summed E-state index contributed by atoms with van der Waals surface area (Å²) < 4.78 is 10.8. The molecule has 1 aromatic carbocycles. The van der Waals surface area contributed by atoms with E-state index in [-0.39, 0.29) is 12.6 Å². The van der Waals surface area contributed by atoms with Gasteiger partial charge >= 0.3 is 0 Å². The molecule has 4 nitrogen and oxygen atoms in total. The fourth-order valence-corrected chi connectivity index (χ4v) is 1.92. The van der Waals surface area contributed by atoms with E-state index in [0.29, 0.717) is 13.0 Å². The van der Waals surface area contributed by atoms with E-state index < -0.39 is 0 Å². The summed E-state index contributed by atoms with van der Waals surface area (Å²) in [6, 6.07) is 8.30. The normalized spacial score (nSPS) is 12.3. The first-order chi connectivity index (χ1) is 9.80. The maximum atomic E-state index is 9.04. The van der Waals surface area contributed by atoms with E-state index in [9.17, 15) is 0 Å². The number of rotatable bonds is 11. The highest BCUT2D eigenvalue weighted by atomic mass is 16.5. The van der Waals surface area contributed by atoms with Crippen LogP contribution in [0.5, 0.6) is 5.75 Å². The first kappa shape index (κ1) is 17.0. The number of hydrogen-bond acceptors (Lipinski definition) is 4. The van der Waals surface area contributed by atoms with Gasteiger partial charge in [0.25, 0.3) is 0 Å². The molecule has 0 aromatic heterocycles. The minimum absolute atomic E-state index is 0.181. The van der Waals surface area contributed by atoms with E-state index in [4.69, 9.17) is 14.6 Å². The second-order valence-corrected chi connectivity index (χ2v) is 4.86. The summed E-state index contributed by atoms with van der Waals surface area (Å²) in [7, 11) is 1.71. The minimum atomic E-state index is 0.181. The summed E-state index contributed by atoms with van der Waals surface area (Å²) in [6.45, 7) is 4.57. The number of methoxy groups -OCH3 is 1. The Balaban J connectivity index is 2.38. The van der Waals surface area contributed by atoms with E-state index in [0.717, 1.165) is 31.7 Å². The lowest BCUT2D eigenvalue weighted by Gasteiger charge is -2.18. The molecule has 1 unspecified atom stereocenters. The molecule has 1 atom stereocenters. The number of aliphatic hydroxyl groups is 1. The molecule has 1 aromatic rings. The van der Waals surface area contributed by atoms with E-state index in [1.165, 1.54) is 5.56 Å². The molecule has 0 spiro atoms. The smallest absolute Gasteiger partial charge is 0.119 e. The van der Waals surface area contributed by atoms with Crippen LogP contribution in [0.1, 0.15) is 25.3 Å². The van der Waals surface area contributed by atoms with Crippen LogP contribution in [-0.2, 0) is 11.2 Å². The van der Waals surface area contributed by atoms with Gasteiger partial charge in [-0.2, -0.15) is 0 Å². The third-order valence-electron chi connectivity index (χ3n) is 3.13. The molecule has 0 fully saturated rings. The Kier molecular flexibility index (Phi) is 9.04. The Hall–Kier alpha value is -1.10. The third kappa shape index (κ3) is 6.89. The molecule has 0 aliphatic heterocycles. The van der Waals surface area contributed by atoms with Gasteiger partial charge in [0.2, 0.25) is 0 Å². The Labute approximate surface area is 122 Å². The van der Waals surface area contributed by atoms with Gasteiger partial charge in [-0.3, -0.25) is 0 Å². The molecule has 0 bridgehead atoms. The van der Waals surface area contributed by atoms with Crippen LogP contribution in [0, 0.1) is 0 Å². The summed E-state index contributed by atoms with van der Waals surface area (Å²) >= 11 is 0. The van der Waals surface area contributed by atoms with Crippen molar-refractivity contribution in [2.45, 2.75) is 32.2 Å². The number of hydrogen-bond donors (Lipinski definition) is 2. The topological polar surface area (TPSA) is 50.7 Å². The van der Waals surface area contributed by atoms with Crippen molar-refractivity contribution in [1.82, 2.24) is 5.32 Å². The highest BCUT2D eigenvalue weighted by molar-refractivity contribution is 5.27. The van der Waals surface area contributed by atoms with E-state index in [1.807, 2.05) is 12.1 Å². The molecule has 1 rings (SSSR count). The van der Waals surface area contributed by atoms with Crippen molar-refractivity contribution < 1.29 is 14.6 Å². The largest absolute Gasteiger partial charge is 0.492 e. The second-order valence-electron chi connectivity index (χ2n) is 4.86. The van der Waals surface area contributed by atoms with E-state index in [1.54, 1.807) is 7.11 Å². The first-order valence-corrected chi connectivity index (χ1v) is 7.35. The molecule has 0 radical (unpaired) electrons.